The largest absolute Gasteiger partial charge is 0.310 e. The Hall–Kier alpha value is -1.12. The zero-order valence-corrected chi connectivity index (χ0v) is 11.2. The van der Waals surface area contributed by atoms with E-state index in [1.807, 2.05) is 13.0 Å². The number of rotatable bonds is 3. The maximum absolute atomic E-state index is 6.00. The molecular weight excluding hydrogens is 244 g/mol. The Labute approximate surface area is 112 Å². The van der Waals surface area contributed by atoms with E-state index in [4.69, 9.17) is 11.6 Å². The summed E-state index contributed by atoms with van der Waals surface area (Å²) in [5.41, 5.74) is 3.49. The van der Waals surface area contributed by atoms with Crippen molar-refractivity contribution in [2.75, 3.05) is 0 Å². The molecule has 0 spiro atoms. The predicted octanol–water partition coefficient (Wildman–Crippen LogP) is 3.40. The van der Waals surface area contributed by atoms with Crippen LogP contribution < -0.4 is 5.32 Å². The number of halogens is 1. The molecule has 3 heteroatoms. The molecule has 1 fully saturated rings. The minimum Gasteiger partial charge on any atom is -0.310 e. The molecule has 18 heavy (non-hydrogen) atoms. The molecule has 1 N–H and O–H groups in total. The third kappa shape index (κ3) is 2.36. The molecule has 1 heterocycles. The molecule has 0 saturated heterocycles. The first kappa shape index (κ1) is 11.9. The number of hydrogen-bond donors (Lipinski definition) is 1. The molecule has 1 saturated carbocycles. The maximum Gasteiger partial charge on any atom is 0.0708 e. The SMILES string of the molecule is Cc1cc(CNC2CC(Cl)C2)c2ccccc2n1. The van der Waals surface area contributed by atoms with Gasteiger partial charge in [-0.3, -0.25) is 4.98 Å². The monoisotopic (exact) mass is 260 g/mol. The number of nitrogens with zero attached hydrogens (tertiary/aromatic N) is 1. The summed E-state index contributed by atoms with van der Waals surface area (Å²) >= 11 is 6.00. The molecule has 0 radical (unpaired) electrons. The average Bonchev–Trinajstić information content (AvgIpc) is 2.32. The van der Waals surface area contributed by atoms with Crippen LogP contribution in [0.15, 0.2) is 30.3 Å². The number of nitrogens with one attached hydrogen (secondary N) is 1. The lowest BCUT2D eigenvalue weighted by molar-refractivity contribution is 0.345. The molecule has 94 valence electrons. The molecule has 1 aliphatic rings. The van der Waals surface area contributed by atoms with Crippen molar-refractivity contribution in [1.29, 1.82) is 0 Å². The zero-order chi connectivity index (χ0) is 12.5. The summed E-state index contributed by atoms with van der Waals surface area (Å²) in [7, 11) is 0. The molecule has 2 nitrogen and oxygen atoms in total. The fourth-order valence-electron chi connectivity index (χ4n) is 2.51. The summed E-state index contributed by atoms with van der Waals surface area (Å²) in [6, 6.07) is 11.1. The summed E-state index contributed by atoms with van der Waals surface area (Å²) in [4.78, 5) is 4.56. The smallest absolute Gasteiger partial charge is 0.0708 e. The van der Waals surface area contributed by atoms with E-state index in [0.29, 0.717) is 11.4 Å². The van der Waals surface area contributed by atoms with Crippen molar-refractivity contribution in [3.05, 3.63) is 41.6 Å². The van der Waals surface area contributed by atoms with Crippen LogP contribution in [0, 0.1) is 6.92 Å². The summed E-state index contributed by atoms with van der Waals surface area (Å²) in [6.07, 6.45) is 2.17. The fourth-order valence-corrected chi connectivity index (χ4v) is 2.94. The van der Waals surface area contributed by atoms with E-state index in [1.165, 1.54) is 10.9 Å². The number of aryl methyl sites for hydroxylation is 1. The minimum atomic E-state index is 0.374. The highest BCUT2D eigenvalue weighted by molar-refractivity contribution is 6.21. The van der Waals surface area contributed by atoms with Crippen LogP contribution in [0.1, 0.15) is 24.1 Å². The third-order valence-electron chi connectivity index (χ3n) is 3.59. The van der Waals surface area contributed by atoms with Gasteiger partial charge in [0.2, 0.25) is 0 Å². The van der Waals surface area contributed by atoms with Gasteiger partial charge in [-0.25, -0.2) is 0 Å². The topological polar surface area (TPSA) is 24.9 Å². The van der Waals surface area contributed by atoms with Gasteiger partial charge in [0.1, 0.15) is 0 Å². The van der Waals surface area contributed by atoms with Gasteiger partial charge in [0.25, 0.3) is 0 Å². The van der Waals surface area contributed by atoms with Gasteiger partial charge in [-0.15, -0.1) is 11.6 Å². The highest BCUT2D eigenvalue weighted by Crippen LogP contribution is 2.26. The summed E-state index contributed by atoms with van der Waals surface area (Å²) < 4.78 is 0. The van der Waals surface area contributed by atoms with Gasteiger partial charge in [0.05, 0.1) is 5.52 Å². The summed E-state index contributed by atoms with van der Waals surface area (Å²) in [5.74, 6) is 0. The molecule has 1 aromatic heterocycles. The zero-order valence-electron chi connectivity index (χ0n) is 10.5. The highest BCUT2D eigenvalue weighted by atomic mass is 35.5. The number of fused-ring (bicyclic) bond motifs is 1. The van der Waals surface area contributed by atoms with E-state index < -0.39 is 0 Å². The Morgan fingerprint density at radius 3 is 2.89 bits per heavy atom. The first-order valence-corrected chi connectivity index (χ1v) is 6.89. The lowest BCUT2D eigenvalue weighted by atomic mass is 9.92. The standard InChI is InChI=1S/C15H17ClN2/c1-10-6-11(9-17-13-7-12(16)8-13)14-4-2-3-5-15(14)18-10/h2-6,12-13,17H,7-9H2,1H3. The molecule has 0 unspecified atom stereocenters. The van der Waals surface area contributed by atoms with E-state index in [-0.39, 0.29) is 0 Å². The molecule has 2 aromatic rings. The Bertz CT molecular complexity index is 561. The Morgan fingerprint density at radius 2 is 2.11 bits per heavy atom. The normalized spacial score (nSPS) is 23.0. The van der Waals surface area contributed by atoms with Gasteiger partial charge in [0, 0.05) is 29.0 Å². The molecule has 0 bridgehead atoms. The van der Waals surface area contributed by atoms with E-state index in [9.17, 15) is 0 Å². The van der Waals surface area contributed by atoms with Crippen LogP contribution in [-0.4, -0.2) is 16.4 Å². The predicted molar refractivity (Wildman–Crippen MR) is 76.0 cm³/mol. The van der Waals surface area contributed by atoms with Crippen LogP contribution in [0.2, 0.25) is 0 Å². The number of benzene rings is 1. The quantitative estimate of drug-likeness (QED) is 0.856. The molecule has 0 atom stereocenters. The molecule has 1 aliphatic carbocycles. The van der Waals surface area contributed by atoms with Crippen LogP contribution >= 0.6 is 11.6 Å². The maximum atomic E-state index is 6.00. The van der Waals surface area contributed by atoms with Crippen molar-refractivity contribution in [3.8, 4) is 0 Å². The van der Waals surface area contributed by atoms with Crippen molar-refractivity contribution in [2.45, 2.75) is 37.7 Å². The molecule has 3 rings (SSSR count). The van der Waals surface area contributed by atoms with E-state index in [1.54, 1.807) is 0 Å². The van der Waals surface area contributed by atoms with Gasteiger partial charge in [-0.05, 0) is 37.5 Å². The van der Waals surface area contributed by atoms with Crippen molar-refractivity contribution < 1.29 is 0 Å². The van der Waals surface area contributed by atoms with Crippen molar-refractivity contribution in [2.24, 2.45) is 0 Å². The second kappa shape index (κ2) is 4.87. The van der Waals surface area contributed by atoms with Crippen LogP contribution in [0.4, 0.5) is 0 Å². The summed E-state index contributed by atoms with van der Waals surface area (Å²) in [6.45, 7) is 2.95. The molecule has 0 amide bonds. The molecule has 1 aromatic carbocycles. The lowest BCUT2D eigenvalue weighted by Crippen LogP contribution is -2.41. The third-order valence-corrected chi connectivity index (χ3v) is 3.95. The molecule has 0 aliphatic heterocycles. The van der Waals surface area contributed by atoms with E-state index in [2.05, 4.69) is 34.6 Å². The van der Waals surface area contributed by atoms with Crippen LogP contribution in [-0.2, 0) is 6.54 Å². The number of pyridine rings is 1. The highest BCUT2D eigenvalue weighted by Gasteiger charge is 2.26. The van der Waals surface area contributed by atoms with Gasteiger partial charge >= 0.3 is 0 Å². The average molecular weight is 261 g/mol. The van der Waals surface area contributed by atoms with Gasteiger partial charge in [-0.2, -0.15) is 0 Å². The lowest BCUT2D eigenvalue weighted by Gasteiger charge is -2.31. The van der Waals surface area contributed by atoms with Crippen molar-refractivity contribution >= 4 is 22.5 Å². The van der Waals surface area contributed by atoms with Crippen LogP contribution in [0.25, 0.3) is 10.9 Å². The Kier molecular flexibility index (Phi) is 3.23. The number of para-hydroxylation sites is 1. The van der Waals surface area contributed by atoms with Gasteiger partial charge in [0.15, 0.2) is 0 Å². The van der Waals surface area contributed by atoms with Crippen molar-refractivity contribution in [1.82, 2.24) is 10.3 Å². The second-order valence-electron chi connectivity index (χ2n) is 5.09. The van der Waals surface area contributed by atoms with Crippen molar-refractivity contribution in [3.63, 3.8) is 0 Å². The fraction of sp³-hybridized carbons (Fsp3) is 0.400. The Balaban J connectivity index is 1.82. The first-order chi connectivity index (χ1) is 8.72. The number of aromatic nitrogens is 1. The van der Waals surface area contributed by atoms with Crippen LogP contribution in [0.5, 0.6) is 0 Å². The van der Waals surface area contributed by atoms with Crippen LogP contribution in [0.3, 0.4) is 0 Å². The summed E-state index contributed by atoms with van der Waals surface area (Å²) in [5, 5.41) is 5.19. The van der Waals surface area contributed by atoms with E-state index in [0.717, 1.165) is 30.6 Å². The molecular formula is C15H17ClN2. The second-order valence-corrected chi connectivity index (χ2v) is 5.70. The number of alkyl halides is 1. The van der Waals surface area contributed by atoms with Gasteiger partial charge < -0.3 is 5.32 Å². The van der Waals surface area contributed by atoms with E-state index >= 15 is 0 Å². The minimum absolute atomic E-state index is 0.374. The number of hydrogen-bond acceptors (Lipinski definition) is 2. The Morgan fingerprint density at radius 1 is 1.33 bits per heavy atom. The first-order valence-electron chi connectivity index (χ1n) is 6.45. The van der Waals surface area contributed by atoms with Gasteiger partial charge in [-0.1, -0.05) is 18.2 Å².